The molecule has 1 fully saturated rings. The number of rotatable bonds is 4. The first-order chi connectivity index (χ1) is 9.06. The van der Waals surface area contributed by atoms with Crippen LogP contribution in [0, 0.1) is 0 Å². The predicted octanol–water partition coefficient (Wildman–Crippen LogP) is 0.612. The maximum Gasteiger partial charge on any atom is 0.329 e. The third kappa shape index (κ3) is 1.94. The van der Waals surface area contributed by atoms with Crippen molar-refractivity contribution in [2.45, 2.75) is 31.7 Å². The number of ether oxygens (including phenoxy) is 1. The van der Waals surface area contributed by atoms with Gasteiger partial charge in [0.15, 0.2) is 5.82 Å². The molecular weight excluding hydrogens is 250 g/mol. The average Bonchev–Trinajstić information content (AvgIpc) is 2.83. The molecule has 1 aliphatic rings. The minimum atomic E-state index is -1.01. The molecule has 0 spiro atoms. The van der Waals surface area contributed by atoms with Crippen LogP contribution in [0.5, 0.6) is 5.75 Å². The summed E-state index contributed by atoms with van der Waals surface area (Å²) in [6, 6.07) is 0. The maximum absolute atomic E-state index is 11.7. The second-order valence-electron chi connectivity index (χ2n) is 4.53. The van der Waals surface area contributed by atoms with Gasteiger partial charge in [0.1, 0.15) is 5.54 Å². The van der Waals surface area contributed by atoms with Crippen LogP contribution in [0.1, 0.15) is 26.2 Å². The number of carboxylic acid groups (broad SMARTS) is 1. The third-order valence-corrected chi connectivity index (χ3v) is 3.72. The van der Waals surface area contributed by atoms with Crippen molar-refractivity contribution in [3.05, 3.63) is 16.7 Å². The monoisotopic (exact) mass is 267 g/mol. The Kier molecular flexibility index (Phi) is 3.46. The molecule has 0 amide bonds. The fourth-order valence-corrected chi connectivity index (χ4v) is 2.68. The number of H-pyrrole nitrogens is 1. The number of hydrogen-bond acceptors (Lipinski definition) is 5. The van der Waals surface area contributed by atoms with Crippen molar-refractivity contribution in [1.82, 2.24) is 9.97 Å². The molecule has 2 N–H and O–H groups in total. The lowest BCUT2D eigenvalue weighted by Crippen LogP contribution is -2.51. The fraction of sp³-hybridized carbons (Fsp3) is 0.583. The number of aromatic amines is 1. The highest BCUT2D eigenvalue weighted by molar-refractivity contribution is 5.84. The second kappa shape index (κ2) is 4.91. The Labute approximate surface area is 110 Å². The Morgan fingerprint density at radius 2 is 2.42 bits per heavy atom. The first-order valence-corrected chi connectivity index (χ1v) is 6.19. The van der Waals surface area contributed by atoms with E-state index >= 15 is 0 Å². The zero-order valence-corrected chi connectivity index (χ0v) is 11.0. The Hall–Kier alpha value is -2.05. The van der Waals surface area contributed by atoms with Crippen molar-refractivity contribution in [2.75, 3.05) is 18.6 Å². The molecule has 2 heterocycles. The van der Waals surface area contributed by atoms with E-state index in [0.717, 1.165) is 6.42 Å². The standard InChI is InChI=1S/C12H17N3O4/c1-3-12(11(17)18)5-4-6-15(12)9-8(19-2)10(16)14-7-13-9/h7H,3-6H2,1-2H3,(H,17,18)(H,13,14,16). The molecule has 1 aromatic heterocycles. The van der Waals surface area contributed by atoms with Gasteiger partial charge >= 0.3 is 5.97 Å². The molecule has 0 bridgehead atoms. The van der Waals surface area contributed by atoms with E-state index < -0.39 is 17.1 Å². The van der Waals surface area contributed by atoms with Crippen LogP contribution in [-0.2, 0) is 4.79 Å². The number of hydrogen-bond donors (Lipinski definition) is 2. The van der Waals surface area contributed by atoms with Gasteiger partial charge in [-0.1, -0.05) is 6.92 Å². The molecule has 1 aliphatic heterocycles. The van der Waals surface area contributed by atoms with E-state index in [1.54, 1.807) is 4.90 Å². The molecule has 7 nitrogen and oxygen atoms in total. The van der Waals surface area contributed by atoms with Gasteiger partial charge in [-0.25, -0.2) is 9.78 Å². The summed E-state index contributed by atoms with van der Waals surface area (Å²) in [6.45, 7) is 2.37. The summed E-state index contributed by atoms with van der Waals surface area (Å²) in [5.74, 6) is -0.534. The molecular formula is C12H17N3O4. The van der Waals surface area contributed by atoms with Crippen LogP contribution >= 0.6 is 0 Å². The van der Waals surface area contributed by atoms with Gasteiger partial charge in [0.25, 0.3) is 5.56 Å². The van der Waals surface area contributed by atoms with Gasteiger partial charge < -0.3 is 19.7 Å². The summed E-state index contributed by atoms with van der Waals surface area (Å²) in [4.78, 5) is 31.5. The number of aliphatic carboxylic acids is 1. The van der Waals surface area contributed by atoms with E-state index in [9.17, 15) is 14.7 Å². The molecule has 2 rings (SSSR count). The van der Waals surface area contributed by atoms with Crippen LogP contribution in [0.3, 0.4) is 0 Å². The largest absolute Gasteiger partial charge is 0.489 e. The van der Waals surface area contributed by atoms with E-state index in [1.807, 2.05) is 6.92 Å². The summed E-state index contributed by atoms with van der Waals surface area (Å²) in [5.41, 5.74) is -1.41. The average molecular weight is 267 g/mol. The van der Waals surface area contributed by atoms with Crippen LogP contribution in [0.4, 0.5) is 5.82 Å². The van der Waals surface area contributed by atoms with Crippen LogP contribution in [0.25, 0.3) is 0 Å². The number of nitrogens with one attached hydrogen (secondary N) is 1. The lowest BCUT2D eigenvalue weighted by Gasteiger charge is -2.35. The van der Waals surface area contributed by atoms with Gasteiger partial charge in [0.2, 0.25) is 5.75 Å². The van der Waals surface area contributed by atoms with Crippen LogP contribution in [0.15, 0.2) is 11.1 Å². The molecule has 0 aromatic carbocycles. The van der Waals surface area contributed by atoms with E-state index in [4.69, 9.17) is 4.74 Å². The molecule has 1 saturated heterocycles. The zero-order chi connectivity index (χ0) is 14.0. The van der Waals surface area contributed by atoms with Gasteiger partial charge in [-0.05, 0) is 19.3 Å². The predicted molar refractivity (Wildman–Crippen MR) is 68.6 cm³/mol. The maximum atomic E-state index is 11.7. The van der Waals surface area contributed by atoms with Gasteiger partial charge in [-0.2, -0.15) is 0 Å². The Morgan fingerprint density at radius 1 is 1.68 bits per heavy atom. The molecule has 1 atom stereocenters. The first kappa shape index (κ1) is 13.4. The number of anilines is 1. The number of methoxy groups -OCH3 is 1. The lowest BCUT2D eigenvalue weighted by molar-refractivity contribution is -0.143. The second-order valence-corrected chi connectivity index (χ2v) is 4.53. The summed E-state index contributed by atoms with van der Waals surface area (Å²) in [7, 11) is 1.38. The minimum absolute atomic E-state index is 0.0588. The minimum Gasteiger partial charge on any atom is -0.489 e. The number of aromatic nitrogens is 2. The van der Waals surface area contributed by atoms with Crippen LogP contribution in [-0.4, -0.2) is 40.2 Å². The van der Waals surface area contributed by atoms with Crippen molar-refractivity contribution in [3.63, 3.8) is 0 Å². The first-order valence-electron chi connectivity index (χ1n) is 6.19. The molecule has 0 radical (unpaired) electrons. The van der Waals surface area contributed by atoms with Crippen molar-refractivity contribution in [1.29, 1.82) is 0 Å². The van der Waals surface area contributed by atoms with Gasteiger partial charge in [-0.15, -0.1) is 0 Å². The van der Waals surface area contributed by atoms with Gasteiger partial charge in [-0.3, -0.25) is 4.79 Å². The third-order valence-electron chi connectivity index (χ3n) is 3.72. The summed E-state index contributed by atoms with van der Waals surface area (Å²) >= 11 is 0. The summed E-state index contributed by atoms with van der Waals surface area (Å²) < 4.78 is 5.07. The molecule has 1 unspecified atom stereocenters. The van der Waals surface area contributed by atoms with Crippen molar-refractivity contribution in [2.24, 2.45) is 0 Å². The molecule has 1 aromatic rings. The highest BCUT2D eigenvalue weighted by atomic mass is 16.5. The number of carboxylic acids is 1. The van der Waals surface area contributed by atoms with Crippen LogP contribution < -0.4 is 15.2 Å². The SMILES string of the molecule is CCC1(C(=O)O)CCCN1c1nc[nH]c(=O)c1OC. The molecule has 0 aliphatic carbocycles. The van der Waals surface area contributed by atoms with Crippen molar-refractivity contribution in [3.8, 4) is 5.75 Å². The summed E-state index contributed by atoms with van der Waals surface area (Å²) in [6.07, 6.45) is 3.00. The zero-order valence-electron chi connectivity index (χ0n) is 11.0. The topological polar surface area (TPSA) is 95.5 Å². The quantitative estimate of drug-likeness (QED) is 0.830. The summed E-state index contributed by atoms with van der Waals surface area (Å²) in [5, 5.41) is 9.53. The highest BCUT2D eigenvalue weighted by Gasteiger charge is 2.48. The smallest absolute Gasteiger partial charge is 0.329 e. The Morgan fingerprint density at radius 3 is 3.00 bits per heavy atom. The van der Waals surface area contributed by atoms with Crippen LogP contribution in [0.2, 0.25) is 0 Å². The number of carbonyl (C=O) groups is 1. The highest BCUT2D eigenvalue weighted by Crippen LogP contribution is 2.38. The van der Waals surface area contributed by atoms with E-state index in [0.29, 0.717) is 25.2 Å². The van der Waals surface area contributed by atoms with Crippen molar-refractivity contribution >= 4 is 11.8 Å². The Bertz CT molecular complexity index is 542. The fourth-order valence-electron chi connectivity index (χ4n) is 2.68. The van der Waals surface area contributed by atoms with E-state index in [-0.39, 0.29) is 5.75 Å². The lowest BCUT2D eigenvalue weighted by atomic mass is 9.93. The Balaban J connectivity index is 2.55. The molecule has 0 saturated carbocycles. The van der Waals surface area contributed by atoms with E-state index in [2.05, 4.69) is 9.97 Å². The van der Waals surface area contributed by atoms with E-state index in [1.165, 1.54) is 13.4 Å². The van der Waals surface area contributed by atoms with Gasteiger partial charge in [0, 0.05) is 6.54 Å². The normalized spacial score (nSPS) is 22.5. The molecule has 104 valence electrons. The van der Waals surface area contributed by atoms with Crippen molar-refractivity contribution < 1.29 is 14.6 Å². The molecule has 7 heteroatoms. The van der Waals surface area contributed by atoms with Gasteiger partial charge in [0.05, 0.1) is 13.4 Å². The molecule has 19 heavy (non-hydrogen) atoms. The number of nitrogens with zero attached hydrogens (tertiary/aromatic N) is 2.